The summed E-state index contributed by atoms with van der Waals surface area (Å²) in [4.78, 5) is 10.9. The van der Waals surface area contributed by atoms with Crippen LogP contribution in [-0.2, 0) is 0 Å². The van der Waals surface area contributed by atoms with Gasteiger partial charge in [0.1, 0.15) is 0 Å². The van der Waals surface area contributed by atoms with E-state index in [-0.39, 0.29) is 10.6 Å². The molecule has 2 N–H and O–H groups in total. The molecule has 98 valence electrons. The number of nitro benzene ring substituents is 1. The quantitative estimate of drug-likeness (QED) is 0.432. The number of non-ortho nitro benzene ring substituents is 1. The Bertz CT molecular complexity index is 798. The molecule has 0 spiro atoms. The largest absolute Gasteiger partial charge is 0.398 e. The van der Waals surface area contributed by atoms with Crippen molar-refractivity contribution >= 4 is 22.1 Å². The number of anilines is 1. The predicted octanol–water partition coefficient (Wildman–Crippen LogP) is 4.00. The van der Waals surface area contributed by atoms with Crippen LogP contribution < -0.4 is 5.73 Å². The number of benzene rings is 3. The molecule has 0 unspecified atom stereocenters. The number of hydrogen-bond acceptors (Lipinski definition) is 3. The van der Waals surface area contributed by atoms with E-state index in [4.69, 9.17) is 5.73 Å². The Morgan fingerprint density at radius 1 is 0.900 bits per heavy atom. The van der Waals surface area contributed by atoms with E-state index >= 15 is 0 Å². The topological polar surface area (TPSA) is 69.2 Å². The number of nitrogen functional groups attached to an aromatic ring is 1. The molecule has 3 aromatic rings. The second kappa shape index (κ2) is 4.66. The minimum Gasteiger partial charge on any atom is -0.398 e. The Labute approximate surface area is 115 Å². The molecule has 0 aliphatic rings. The zero-order valence-electron chi connectivity index (χ0n) is 10.6. The monoisotopic (exact) mass is 264 g/mol. The molecule has 0 atom stereocenters. The fourth-order valence-corrected chi connectivity index (χ4v) is 2.39. The zero-order chi connectivity index (χ0) is 14.1. The molecular formula is C16H12N2O2. The van der Waals surface area contributed by atoms with Gasteiger partial charge in [-0.2, -0.15) is 0 Å². The van der Waals surface area contributed by atoms with Crippen molar-refractivity contribution in [3.63, 3.8) is 0 Å². The zero-order valence-corrected chi connectivity index (χ0v) is 10.6. The van der Waals surface area contributed by atoms with E-state index in [1.165, 1.54) is 0 Å². The summed E-state index contributed by atoms with van der Waals surface area (Å²) >= 11 is 0. The van der Waals surface area contributed by atoms with Gasteiger partial charge in [0, 0.05) is 22.7 Å². The van der Waals surface area contributed by atoms with Crippen LogP contribution in [0.4, 0.5) is 11.4 Å². The van der Waals surface area contributed by atoms with Crippen LogP contribution in [0.15, 0.2) is 60.7 Å². The lowest BCUT2D eigenvalue weighted by Crippen LogP contribution is -1.96. The maximum Gasteiger partial charge on any atom is 0.277 e. The van der Waals surface area contributed by atoms with Crippen molar-refractivity contribution in [2.24, 2.45) is 0 Å². The molecule has 3 aromatic carbocycles. The standard InChI is InChI=1S/C16H12N2O2/c17-16-13-9-5-4-8-12(13)15(18(19)20)10-14(16)11-6-2-1-3-7-11/h1-10H,17H2. The van der Waals surface area contributed by atoms with Gasteiger partial charge in [0.05, 0.1) is 10.3 Å². The van der Waals surface area contributed by atoms with E-state index in [9.17, 15) is 10.1 Å². The van der Waals surface area contributed by atoms with Crippen LogP contribution in [0.5, 0.6) is 0 Å². The maximum atomic E-state index is 11.3. The van der Waals surface area contributed by atoms with Crippen LogP contribution in [0, 0.1) is 10.1 Å². The Hall–Kier alpha value is -2.88. The molecule has 20 heavy (non-hydrogen) atoms. The molecule has 0 aliphatic heterocycles. The van der Waals surface area contributed by atoms with Crippen molar-refractivity contribution in [3.05, 3.63) is 70.8 Å². The maximum absolute atomic E-state index is 11.3. The normalized spacial score (nSPS) is 10.6. The average molecular weight is 264 g/mol. The lowest BCUT2D eigenvalue weighted by Gasteiger charge is -2.10. The van der Waals surface area contributed by atoms with Gasteiger partial charge < -0.3 is 5.73 Å². The van der Waals surface area contributed by atoms with Gasteiger partial charge in [0.15, 0.2) is 0 Å². The molecule has 4 heteroatoms. The van der Waals surface area contributed by atoms with Crippen molar-refractivity contribution < 1.29 is 4.92 Å². The summed E-state index contributed by atoms with van der Waals surface area (Å²) in [7, 11) is 0. The Balaban J connectivity index is 2.40. The molecule has 0 saturated carbocycles. The van der Waals surface area contributed by atoms with Crippen molar-refractivity contribution in [1.29, 1.82) is 0 Å². The first-order valence-electron chi connectivity index (χ1n) is 6.19. The fraction of sp³-hybridized carbons (Fsp3) is 0. The fourth-order valence-electron chi connectivity index (χ4n) is 2.39. The second-order valence-corrected chi connectivity index (χ2v) is 4.53. The summed E-state index contributed by atoms with van der Waals surface area (Å²) in [5.74, 6) is 0. The lowest BCUT2D eigenvalue weighted by atomic mass is 9.97. The minimum atomic E-state index is -0.367. The molecule has 0 heterocycles. The van der Waals surface area contributed by atoms with E-state index in [2.05, 4.69) is 0 Å². The van der Waals surface area contributed by atoms with Crippen LogP contribution in [0.3, 0.4) is 0 Å². The number of rotatable bonds is 2. The number of hydrogen-bond donors (Lipinski definition) is 1. The van der Waals surface area contributed by atoms with Crippen LogP contribution >= 0.6 is 0 Å². The Morgan fingerprint density at radius 3 is 2.15 bits per heavy atom. The van der Waals surface area contributed by atoms with Crippen molar-refractivity contribution in [2.45, 2.75) is 0 Å². The van der Waals surface area contributed by atoms with E-state index in [1.54, 1.807) is 18.2 Å². The van der Waals surface area contributed by atoms with Crippen molar-refractivity contribution in [3.8, 4) is 11.1 Å². The van der Waals surface area contributed by atoms with Crippen LogP contribution in [0.2, 0.25) is 0 Å². The van der Waals surface area contributed by atoms with Gasteiger partial charge in [-0.15, -0.1) is 0 Å². The minimum absolute atomic E-state index is 0.0775. The molecule has 0 amide bonds. The SMILES string of the molecule is Nc1c(-c2ccccc2)cc([N+](=O)[O-])c2ccccc12. The van der Waals surface area contributed by atoms with Crippen molar-refractivity contribution in [2.75, 3.05) is 5.73 Å². The lowest BCUT2D eigenvalue weighted by molar-refractivity contribution is -0.383. The number of nitro groups is 1. The van der Waals surface area contributed by atoms with Gasteiger partial charge >= 0.3 is 0 Å². The average Bonchev–Trinajstić information content (AvgIpc) is 2.48. The first kappa shape index (κ1) is 12.2. The Kier molecular flexibility index (Phi) is 2.84. The summed E-state index contributed by atoms with van der Waals surface area (Å²) in [6.45, 7) is 0. The van der Waals surface area contributed by atoms with Gasteiger partial charge in [-0.25, -0.2) is 0 Å². The Morgan fingerprint density at radius 2 is 1.50 bits per heavy atom. The second-order valence-electron chi connectivity index (χ2n) is 4.53. The number of fused-ring (bicyclic) bond motifs is 1. The molecule has 0 fully saturated rings. The molecule has 3 rings (SSSR count). The summed E-state index contributed by atoms with van der Waals surface area (Å²) < 4.78 is 0. The van der Waals surface area contributed by atoms with Crippen LogP contribution in [-0.4, -0.2) is 4.92 Å². The van der Waals surface area contributed by atoms with Crippen molar-refractivity contribution in [1.82, 2.24) is 0 Å². The molecule has 0 aliphatic carbocycles. The summed E-state index contributed by atoms with van der Waals surface area (Å²) in [5.41, 5.74) is 8.41. The smallest absolute Gasteiger partial charge is 0.277 e. The predicted molar refractivity (Wildman–Crippen MR) is 80.5 cm³/mol. The highest BCUT2D eigenvalue weighted by atomic mass is 16.6. The molecule has 0 saturated heterocycles. The first-order valence-corrected chi connectivity index (χ1v) is 6.19. The highest BCUT2D eigenvalue weighted by Crippen LogP contribution is 2.38. The molecule has 0 radical (unpaired) electrons. The number of nitrogens with two attached hydrogens (primary N) is 1. The molecule has 0 aromatic heterocycles. The van der Waals surface area contributed by atoms with Gasteiger partial charge in [-0.1, -0.05) is 48.5 Å². The van der Waals surface area contributed by atoms with Gasteiger partial charge in [0.25, 0.3) is 5.69 Å². The van der Waals surface area contributed by atoms with Gasteiger partial charge in [-0.05, 0) is 11.6 Å². The highest BCUT2D eigenvalue weighted by Gasteiger charge is 2.17. The third-order valence-corrected chi connectivity index (χ3v) is 3.35. The van der Waals surface area contributed by atoms with E-state index < -0.39 is 0 Å². The molecule has 0 bridgehead atoms. The molecule has 4 nitrogen and oxygen atoms in total. The first-order chi connectivity index (χ1) is 9.68. The van der Waals surface area contributed by atoms with E-state index in [1.807, 2.05) is 42.5 Å². The third kappa shape index (κ3) is 1.87. The van der Waals surface area contributed by atoms with E-state index in [0.29, 0.717) is 22.0 Å². The van der Waals surface area contributed by atoms with Gasteiger partial charge in [-0.3, -0.25) is 10.1 Å². The number of nitrogens with zero attached hydrogens (tertiary/aromatic N) is 1. The molecular weight excluding hydrogens is 252 g/mol. The summed E-state index contributed by atoms with van der Waals surface area (Å²) in [5, 5.41) is 12.5. The van der Waals surface area contributed by atoms with Gasteiger partial charge in [0.2, 0.25) is 0 Å². The summed E-state index contributed by atoms with van der Waals surface area (Å²) in [6, 6.07) is 18.1. The van der Waals surface area contributed by atoms with Crippen LogP contribution in [0.1, 0.15) is 0 Å². The highest BCUT2D eigenvalue weighted by molar-refractivity contribution is 6.05. The summed E-state index contributed by atoms with van der Waals surface area (Å²) in [6.07, 6.45) is 0. The van der Waals surface area contributed by atoms with Crippen LogP contribution in [0.25, 0.3) is 21.9 Å². The third-order valence-electron chi connectivity index (χ3n) is 3.35. The van der Waals surface area contributed by atoms with E-state index in [0.717, 1.165) is 5.56 Å².